The number of rotatable bonds is 12. The monoisotopic (exact) mass is 550 g/mol. The lowest BCUT2D eigenvalue weighted by atomic mass is 10.1. The van der Waals surface area contributed by atoms with Gasteiger partial charge in [0, 0.05) is 4.90 Å². The zero-order chi connectivity index (χ0) is 27.0. The molecule has 0 saturated carbocycles. The van der Waals surface area contributed by atoms with Crippen molar-refractivity contribution in [2.45, 2.75) is 16.7 Å². The number of nitrogens with one attached hydrogen (secondary N) is 1. The van der Waals surface area contributed by atoms with Crippen molar-refractivity contribution in [2.75, 3.05) is 36.9 Å². The Morgan fingerprint density at radius 2 is 1.55 bits per heavy atom. The fraction of sp³-hybridized carbons (Fsp3) is 0.207. The van der Waals surface area contributed by atoms with Gasteiger partial charge < -0.3 is 14.8 Å². The molecule has 0 aliphatic heterocycles. The van der Waals surface area contributed by atoms with Crippen LogP contribution in [-0.2, 0) is 14.8 Å². The number of hydrogen-bond acceptors (Lipinski definition) is 6. The molecule has 9 heteroatoms. The maximum atomic E-state index is 13.6. The van der Waals surface area contributed by atoms with Crippen molar-refractivity contribution in [1.82, 2.24) is 5.32 Å². The van der Waals surface area contributed by atoms with Crippen LogP contribution in [0, 0.1) is 0 Å². The molecule has 0 atom stereocenters. The molecule has 0 aliphatic carbocycles. The number of sulfonamides is 1. The topological polar surface area (TPSA) is 84.9 Å². The Morgan fingerprint density at radius 1 is 0.868 bits per heavy atom. The maximum Gasteiger partial charge on any atom is 0.264 e. The highest BCUT2D eigenvalue weighted by molar-refractivity contribution is 7.98. The molecule has 198 valence electrons. The van der Waals surface area contributed by atoms with E-state index in [4.69, 9.17) is 9.47 Å². The second kappa shape index (κ2) is 12.7. The molecule has 0 fully saturated rings. The third-order valence-electron chi connectivity index (χ3n) is 5.78. The van der Waals surface area contributed by atoms with E-state index >= 15 is 0 Å². The Labute approximate surface area is 227 Å². The van der Waals surface area contributed by atoms with Crippen molar-refractivity contribution in [1.29, 1.82) is 0 Å². The molecule has 0 aromatic heterocycles. The lowest BCUT2D eigenvalue weighted by molar-refractivity contribution is -0.119. The average Bonchev–Trinajstić information content (AvgIpc) is 2.94. The van der Waals surface area contributed by atoms with Gasteiger partial charge in [0.1, 0.15) is 24.7 Å². The molecule has 0 bridgehead atoms. The van der Waals surface area contributed by atoms with Crippen LogP contribution < -0.4 is 19.1 Å². The van der Waals surface area contributed by atoms with Gasteiger partial charge in [-0.1, -0.05) is 30.3 Å². The molecule has 1 amide bonds. The van der Waals surface area contributed by atoms with Gasteiger partial charge >= 0.3 is 0 Å². The second-order valence-electron chi connectivity index (χ2n) is 8.32. The van der Waals surface area contributed by atoms with Crippen molar-refractivity contribution in [3.63, 3.8) is 0 Å². The lowest BCUT2D eigenvalue weighted by Gasteiger charge is -2.24. The minimum absolute atomic E-state index is 0.108. The van der Waals surface area contributed by atoms with Crippen molar-refractivity contribution < 1.29 is 22.7 Å². The van der Waals surface area contributed by atoms with Gasteiger partial charge in [0.15, 0.2) is 0 Å². The van der Waals surface area contributed by atoms with E-state index in [1.165, 1.54) is 11.8 Å². The summed E-state index contributed by atoms with van der Waals surface area (Å²) in [6.07, 6.45) is 1.92. The van der Waals surface area contributed by atoms with Crippen molar-refractivity contribution >= 4 is 44.2 Å². The van der Waals surface area contributed by atoms with E-state index in [0.717, 1.165) is 20.0 Å². The SMILES string of the molecule is CCOc1ccc(N(CC(=O)NCCOc2ccc3ccccc3c2)S(=O)(=O)c2ccc(SC)cc2)cc1. The highest BCUT2D eigenvalue weighted by Gasteiger charge is 2.27. The molecule has 7 nitrogen and oxygen atoms in total. The number of nitrogens with zero attached hydrogens (tertiary/aromatic N) is 1. The Balaban J connectivity index is 1.44. The van der Waals surface area contributed by atoms with Crippen LogP contribution in [0.1, 0.15) is 6.92 Å². The van der Waals surface area contributed by atoms with Gasteiger partial charge in [0.25, 0.3) is 10.0 Å². The molecule has 0 heterocycles. The molecule has 0 radical (unpaired) electrons. The highest BCUT2D eigenvalue weighted by Crippen LogP contribution is 2.27. The van der Waals surface area contributed by atoms with Crippen LogP contribution in [0.2, 0.25) is 0 Å². The smallest absolute Gasteiger partial charge is 0.264 e. The van der Waals surface area contributed by atoms with Gasteiger partial charge in [0.2, 0.25) is 5.91 Å². The zero-order valence-electron chi connectivity index (χ0n) is 21.3. The van der Waals surface area contributed by atoms with Crippen LogP contribution in [0.15, 0.2) is 101 Å². The van der Waals surface area contributed by atoms with E-state index in [2.05, 4.69) is 5.32 Å². The molecule has 0 saturated heterocycles. The molecule has 4 aromatic carbocycles. The number of thioether (sulfide) groups is 1. The number of benzene rings is 4. The quantitative estimate of drug-likeness (QED) is 0.189. The molecule has 0 unspecified atom stereocenters. The van der Waals surface area contributed by atoms with Crippen LogP contribution in [-0.4, -0.2) is 46.9 Å². The summed E-state index contributed by atoms with van der Waals surface area (Å²) >= 11 is 1.52. The summed E-state index contributed by atoms with van der Waals surface area (Å²) in [4.78, 5) is 13.9. The van der Waals surface area contributed by atoms with E-state index in [0.29, 0.717) is 23.8 Å². The Morgan fingerprint density at radius 3 is 2.24 bits per heavy atom. The number of hydrogen-bond donors (Lipinski definition) is 1. The summed E-state index contributed by atoms with van der Waals surface area (Å²) in [7, 11) is -4.00. The van der Waals surface area contributed by atoms with Crippen LogP contribution in [0.3, 0.4) is 0 Å². The number of anilines is 1. The van der Waals surface area contributed by atoms with Gasteiger partial charge in [-0.2, -0.15) is 0 Å². The summed E-state index contributed by atoms with van der Waals surface area (Å²) in [5, 5.41) is 4.95. The van der Waals surface area contributed by atoms with Gasteiger partial charge in [-0.05, 0) is 84.6 Å². The first-order chi connectivity index (χ1) is 18.4. The Bertz CT molecular complexity index is 1470. The van der Waals surface area contributed by atoms with Gasteiger partial charge in [-0.25, -0.2) is 8.42 Å². The summed E-state index contributed by atoms with van der Waals surface area (Å²) < 4.78 is 39.5. The minimum atomic E-state index is -4.00. The summed E-state index contributed by atoms with van der Waals surface area (Å²) in [6.45, 7) is 2.46. The lowest BCUT2D eigenvalue weighted by Crippen LogP contribution is -2.41. The van der Waals surface area contributed by atoms with Crippen LogP contribution in [0.5, 0.6) is 11.5 Å². The van der Waals surface area contributed by atoms with E-state index in [1.54, 1.807) is 48.5 Å². The predicted molar refractivity (Wildman–Crippen MR) is 153 cm³/mol. The maximum absolute atomic E-state index is 13.6. The molecule has 0 spiro atoms. The van der Waals surface area contributed by atoms with Gasteiger partial charge in [-0.15, -0.1) is 11.8 Å². The second-order valence-corrected chi connectivity index (χ2v) is 11.1. The molecule has 1 N–H and O–H groups in total. The van der Waals surface area contributed by atoms with E-state index in [1.807, 2.05) is 55.6 Å². The molecule has 0 aliphatic rings. The van der Waals surface area contributed by atoms with Crippen molar-refractivity contribution in [3.8, 4) is 11.5 Å². The van der Waals surface area contributed by atoms with Crippen LogP contribution in [0.4, 0.5) is 5.69 Å². The molecule has 4 aromatic rings. The fourth-order valence-electron chi connectivity index (χ4n) is 3.87. The third kappa shape index (κ3) is 6.79. The summed E-state index contributed by atoms with van der Waals surface area (Å²) in [6, 6.07) is 27.0. The van der Waals surface area contributed by atoms with Crippen molar-refractivity contribution in [3.05, 3.63) is 91.0 Å². The van der Waals surface area contributed by atoms with E-state index < -0.39 is 15.9 Å². The number of carbonyl (C=O) groups excluding carboxylic acids is 1. The van der Waals surface area contributed by atoms with E-state index in [9.17, 15) is 13.2 Å². The third-order valence-corrected chi connectivity index (χ3v) is 8.32. The average molecular weight is 551 g/mol. The number of fused-ring (bicyclic) bond motifs is 1. The Kier molecular flexibility index (Phi) is 9.15. The zero-order valence-corrected chi connectivity index (χ0v) is 22.9. The van der Waals surface area contributed by atoms with Gasteiger partial charge in [0.05, 0.1) is 23.7 Å². The molecular weight excluding hydrogens is 520 g/mol. The molecule has 4 rings (SSSR count). The normalized spacial score (nSPS) is 11.2. The van der Waals surface area contributed by atoms with Gasteiger partial charge in [-0.3, -0.25) is 9.10 Å². The summed E-state index contributed by atoms with van der Waals surface area (Å²) in [5.74, 6) is 0.878. The summed E-state index contributed by atoms with van der Waals surface area (Å²) in [5.41, 5.74) is 0.366. The largest absolute Gasteiger partial charge is 0.494 e. The van der Waals surface area contributed by atoms with Crippen LogP contribution >= 0.6 is 11.8 Å². The number of amides is 1. The first-order valence-electron chi connectivity index (χ1n) is 12.2. The molecule has 38 heavy (non-hydrogen) atoms. The Hall–Kier alpha value is -3.69. The first kappa shape index (κ1) is 27.3. The van der Waals surface area contributed by atoms with Crippen molar-refractivity contribution in [2.24, 2.45) is 0 Å². The fourth-order valence-corrected chi connectivity index (χ4v) is 5.70. The highest BCUT2D eigenvalue weighted by atomic mass is 32.2. The van der Waals surface area contributed by atoms with Crippen LogP contribution in [0.25, 0.3) is 10.8 Å². The number of ether oxygens (including phenoxy) is 2. The predicted octanol–water partition coefficient (Wildman–Crippen LogP) is 5.35. The minimum Gasteiger partial charge on any atom is -0.494 e. The standard InChI is InChI=1S/C29H30N2O5S2/c1-3-35-25-12-9-24(10-13-25)31(38(33,34)28-16-14-27(37-2)15-17-28)21-29(32)30-18-19-36-26-11-8-22-6-4-5-7-23(22)20-26/h4-17,20H,3,18-19,21H2,1-2H3,(H,30,32). The first-order valence-corrected chi connectivity index (χ1v) is 14.8. The number of carbonyl (C=O) groups is 1. The van der Waals surface area contributed by atoms with E-state index in [-0.39, 0.29) is 24.6 Å². The molecular formula is C29H30N2O5S2.